The molecule has 1 aromatic carbocycles. The minimum absolute atomic E-state index is 0.0405. The fraction of sp³-hybridized carbons (Fsp3) is 0.455. The average molecular weight is 295 g/mol. The molecule has 1 fully saturated rings. The fourth-order valence-electron chi connectivity index (χ4n) is 1.31. The predicted molar refractivity (Wildman–Crippen MR) is 57.4 cm³/mol. The van der Waals surface area contributed by atoms with Gasteiger partial charge in [-0.2, -0.15) is 13.2 Å². The summed E-state index contributed by atoms with van der Waals surface area (Å²) in [6.07, 6.45) is -2.12. The molecule has 0 N–H and O–H groups in total. The largest absolute Gasteiger partial charge is 0.493 e. The Bertz CT molecular complexity index is 385. The van der Waals surface area contributed by atoms with Crippen molar-refractivity contribution in [2.45, 2.75) is 19.0 Å². The van der Waals surface area contributed by atoms with Crippen molar-refractivity contribution < 1.29 is 17.9 Å². The Balaban J connectivity index is 2.13. The van der Waals surface area contributed by atoms with E-state index in [0.29, 0.717) is 12.5 Å². The first kappa shape index (κ1) is 11.8. The molecule has 0 aromatic heterocycles. The highest BCUT2D eigenvalue weighted by Crippen LogP contribution is 2.37. The monoisotopic (exact) mass is 294 g/mol. The lowest BCUT2D eigenvalue weighted by atomic mass is 10.2. The molecule has 0 unspecified atom stereocenters. The Hall–Kier alpha value is -0.710. The van der Waals surface area contributed by atoms with Crippen LogP contribution in [0.4, 0.5) is 13.2 Å². The number of halogens is 4. The maximum atomic E-state index is 12.6. The Morgan fingerprint density at radius 3 is 2.56 bits per heavy atom. The molecular weight excluding hydrogens is 285 g/mol. The van der Waals surface area contributed by atoms with E-state index in [-0.39, 0.29) is 10.2 Å². The Morgan fingerprint density at radius 2 is 2.00 bits per heavy atom. The lowest BCUT2D eigenvalue weighted by Crippen LogP contribution is -2.07. The Labute approximate surface area is 99.7 Å². The molecule has 0 amide bonds. The summed E-state index contributed by atoms with van der Waals surface area (Å²) in [7, 11) is 0. The van der Waals surface area contributed by atoms with Crippen LogP contribution >= 0.6 is 15.9 Å². The van der Waals surface area contributed by atoms with Crippen molar-refractivity contribution in [3.63, 3.8) is 0 Å². The molecule has 0 radical (unpaired) electrons. The Kier molecular flexibility index (Phi) is 3.15. The molecule has 88 valence electrons. The molecule has 1 aliphatic rings. The van der Waals surface area contributed by atoms with Gasteiger partial charge in [-0.05, 0) is 37.0 Å². The van der Waals surface area contributed by atoms with Crippen LogP contribution in [-0.4, -0.2) is 6.61 Å². The van der Waals surface area contributed by atoms with E-state index < -0.39 is 11.7 Å². The van der Waals surface area contributed by atoms with Crippen molar-refractivity contribution in [2.75, 3.05) is 6.61 Å². The molecular formula is C11H10BrF3O. The molecule has 5 heteroatoms. The minimum Gasteiger partial charge on any atom is -0.493 e. The number of ether oxygens (including phenoxy) is 1. The summed E-state index contributed by atoms with van der Waals surface area (Å²) in [6, 6.07) is 3.94. The second-order valence-electron chi connectivity index (χ2n) is 3.89. The number of alkyl halides is 3. The quantitative estimate of drug-likeness (QED) is 0.809. The van der Waals surface area contributed by atoms with Gasteiger partial charge in [0.25, 0.3) is 0 Å². The van der Waals surface area contributed by atoms with E-state index in [1.807, 2.05) is 0 Å². The third-order valence-electron chi connectivity index (χ3n) is 2.43. The maximum Gasteiger partial charge on any atom is 0.417 e. The van der Waals surface area contributed by atoms with Gasteiger partial charge in [-0.3, -0.25) is 0 Å². The molecule has 0 bridgehead atoms. The number of hydrogen-bond acceptors (Lipinski definition) is 1. The zero-order valence-corrected chi connectivity index (χ0v) is 9.94. The van der Waals surface area contributed by atoms with Crippen molar-refractivity contribution in [1.82, 2.24) is 0 Å². The van der Waals surface area contributed by atoms with Gasteiger partial charge in [0.05, 0.1) is 12.2 Å². The van der Waals surface area contributed by atoms with Crippen LogP contribution in [0.25, 0.3) is 0 Å². The summed E-state index contributed by atoms with van der Waals surface area (Å²) in [6.45, 7) is 0.513. The van der Waals surface area contributed by atoms with E-state index in [9.17, 15) is 13.2 Å². The predicted octanol–water partition coefficient (Wildman–Crippen LogP) is 4.26. The molecule has 1 aromatic rings. The normalized spacial score (nSPS) is 16.2. The van der Waals surface area contributed by atoms with E-state index in [4.69, 9.17) is 4.74 Å². The lowest BCUT2D eigenvalue weighted by molar-refractivity contribution is -0.138. The zero-order chi connectivity index (χ0) is 11.8. The maximum absolute atomic E-state index is 12.6. The molecule has 0 spiro atoms. The van der Waals surface area contributed by atoms with Crippen molar-refractivity contribution in [2.24, 2.45) is 5.92 Å². The average Bonchev–Trinajstić information content (AvgIpc) is 2.98. The number of rotatable bonds is 3. The van der Waals surface area contributed by atoms with Gasteiger partial charge in [-0.25, -0.2) is 0 Å². The molecule has 1 aliphatic carbocycles. The summed E-state index contributed by atoms with van der Waals surface area (Å²) >= 11 is 2.88. The molecule has 16 heavy (non-hydrogen) atoms. The summed E-state index contributed by atoms with van der Waals surface area (Å²) in [4.78, 5) is 0. The summed E-state index contributed by atoms with van der Waals surface area (Å²) < 4.78 is 43.0. The van der Waals surface area contributed by atoms with E-state index in [1.165, 1.54) is 6.07 Å². The van der Waals surface area contributed by atoms with E-state index in [2.05, 4.69) is 15.9 Å². The summed E-state index contributed by atoms with van der Waals surface area (Å²) in [5.41, 5.74) is -0.694. The smallest absolute Gasteiger partial charge is 0.417 e. The molecule has 1 nitrogen and oxygen atoms in total. The molecule has 2 rings (SSSR count). The number of benzene rings is 1. The molecule has 1 saturated carbocycles. The van der Waals surface area contributed by atoms with Crippen LogP contribution in [0.2, 0.25) is 0 Å². The van der Waals surface area contributed by atoms with Crippen molar-refractivity contribution in [3.05, 3.63) is 28.2 Å². The first-order chi connectivity index (χ1) is 7.47. The second kappa shape index (κ2) is 4.28. The van der Waals surface area contributed by atoms with E-state index in [0.717, 1.165) is 18.9 Å². The van der Waals surface area contributed by atoms with Gasteiger partial charge in [0.1, 0.15) is 5.75 Å². The van der Waals surface area contributed by atoms with Gasteiger partial charge in [-0.15, -0.1) is 0 Å². The van der Waals surface area contributed by atoms with Crippen LogP contribution in [-0.2, 0) is 6.18 Å². The van der Waals surface area contributed by atoms with Crippen LogP contribution in [0, 0.1) is 5.92 Å². The zero-order valence-electron chi connectivity index (χ0n) is 8.35. The standard InChI is InChI=1S/C11H10BrF3O/c12-10-4-3-8(16-6-7-1-2-7)5-9(10)11(13,14)15/h3-5,7H,1-2,6H2. The molecule has 0 atom stereocenters. The summed E-state index contributed by atoms with van der Waals surface area (Å²) in [5, 5.41) is 0. The highest BCUT2D eigenvalue weighted by atomic mass is 79.9. The highest BCUT2D eigenvalue weighted by Gasteiger charge is 2.33. The van der Waals surface area contributed by atoms with E-state index >= 15 is 0 Å². The first-order valence-electron chi connectivity index (χ1n) is 4.96. The Morgan fingerprint density at radius 1 is 1.31 bits per heavy atom. The van der Waals surface area contributed by atoms with Gasteiger partial charge in [0.15, 0.2) is 0 Å². The third-order valence-corrected chi connectivity index (χ3v) is 3.12. The second-order valence-corrected chi connectivity index (χ2v) is 4.75. The van der Waals surface area contributed by atoms with Crippen LogP contribution < -0.4 is 4.74 Å². The number of hydrogen-bond donors (Lipinski definition) is 0. The topological polar surface area (TPSA) is 9.23 Å². The van der Waals surface area contributed by atoms with Gasteiger partial charge in [-0.1, -0.05) is 15.9 Å². The highest BCUT2D eigenvalue weighted by molar-refractivity contribution is 9.10. The summed E-state index contributed by atoms with van der Waals surface area (Å²) in [5.74, 6) is 0.806. The van der Waals surface area contributed by atoms with Gasteiger partial charge in [0, 0.05) is 4.47 Å². The van der Waals surface area contributed by atoms with Gasteiger partial charge in [0.2, 0.25) is 0 Å². The third kappa shape index (κ3) is 2.90. The first-order valence-corrected chi connectivity index (χ1v) is 5.75. The SMILES string of the molecule is FC(F)(F)c1cc(OCC2CC2)ccc1Br. The lowest BCUT2D eigenvalue weighted by Gasteiger charge is -2.11. The van der Waals surface area contributed by atoms with Crippen molar-refractivity contribution in [3.8, 4) is 5.75 Å². The van der Waals surface area contributed by atoms with Crippen LogP contribution in [0.5, 0.6) is 5.75 Å². The van der Waals surface area contributed by atoms with Crippen LogP contribution in [0.3, 0.4) is 0 Å². The molecule has 0 saturated heterocycles. The molecule has 0 aliphatic heterocycles. The van der Waals surface area contributed by atoms with Crippen molar-refractivity contribution in [1.29, 1.82) is 0 Å². The van der Waals surface area contributed by atoms with Crippen LogP contribution in [0.1, 0.15) is 18.4 Å². The fourth-order valence-corrected chi connectivity index (χ4v) is 1.78. The van der Waals surface area contributed by atoms with Crippen molar-refractivity contribution >= 4 is 15.9 Å². The minimum atomic E-state index is -4.35. The van der Waals surface area contributed by atoms with Gasteiger partial charge < -0.3 is 4.74 Å². The van der Waals surface area contributed by atoms with Crippen LogP contribution in [0.15, 0.2) is 22.7 Å². The van der Waals surface area contributed by atoms with Gasteiger partial charge >= 0.3 is 6.18 Å². The van der Waals surface area contributed by atoms with E-state index in [1.54, 1.807) is 6.07 Å². The molecule has 0 heterocycles.